The van der Waals surface area contributed by atoms with Crippen molar-refractivity contribution >= 4 is 21.7 Å². The average Bonchev–Trinajstić information content (AvgIpc) is 2.39. The van der Waals surface area contributed by atoms with E-state index in [1.165, 1.54) is 0 Å². The van der Waals surface area contributed by atoms with Crippen molar-refractivity contribution in [3.63, 3.8) is 0 Å². The summed E-state index contributed by atoms with van der Waals surface area (Å²) in [7, 11) is 0. The SMILES string of the molecule is O=C(COc1ccc(Br)cc1)Cc1ccccc1. The normalized spacial score (nSPS) is 10.1. The first-order valence-corrected chi connectivity index (χ1v) is 6.47. The number of hydrogen-bond acceptors (Lipinski definition) is 2. The molecule has 0 saturated carbocycles. The fraction of sp³-hybridized carbons (Fsp3) is 0.133. The molecule has 0 saturated heterocycles. The van der Waals surface area contributed by atoms with Crippen LogP contribution in [0.5, 0.6) is 5.75 Å². The number of hydrogen-bond donors (Lipinski definition) is 0. The zero-order valence-corrected chi connectivity index (χ0v) is 11.4. The second-order valence-electron chi connectivity index (χ2n) is 3.94. The lowest BCUT2D eigenvalue weighted by Crippen LogP contribution is -2.13. The minimum atomic E-state index is 0.0733. The van der Waals surface area contributed by atoms with Gasteiger partial charge < -0.3 is 4.74 Å². The van der Waals surface area contributed by atoms with E-state index in [1.54, 1.807) is 0 Å². The third kappa shape index (κ3) is 4.00. The van der Waals surface area contributed by atoms with Crippen LogP contribution < -0.4 is 4.74 Å². The quantitative estimate of drug-likeness (QED) is 0.843. The lowest BCUT2D eigenvalue weighted by molar-refractivity contribution is -0.120. The second kappa shape index (κ2) is 6.36. The van der Waals surface area contributed by atoms with Crippen LogP contribution in [0.2, 0.25) is 0 Å². The van der Waals surface area contributed by atoms with E-state index in [0.29, 0.717) is 12.2 Å². The van der Waals surface area contributed by atoms with Gasteiger partial charge in [0.05, 0.1) is 0 Å². The van der Waals surface area contributed by atoms with Gasteiger partial charge in [0.1, 0.15) is 12.4 Å². The van der Waals surface area contributed by atoms with E-state index < -0.39 is 0 Å². The largest absolute Gasteiger partial charge is 0.486 e. The standard InChI is InChI=1S/C15H13BrO2/c16-13-6-8-15(9-7-13)18-11-14(17)10-12-4-2-1-3-5-12/h1-9H,10-11H2. The maximum absolute atomic E-state index is 11.7. The van der Waals surface area contributed by atoms with Gasteiger partial charge in [-0.2, -0.15) is 0 Å². The Balaban J connectivity index is 1.83. The van der Waals surface area contributed by atoms with Crippen LogP contribution in [0.25, 0.3) is 0 Å². The third-order valence-electron chi connectivity index (χ3n) is 2.46. The van der Waals surface area contributed by atoms with Crippen LogP contribution >= 0.6 is 15.9 Å². The number of ketones is 1. The molecule has 3 heteroatoms. The Morgan fingerprint density at radius 2 is 1.67 bits per heavy atom. The second-order valence-corrected chi connectivity index (χ2v) is 4.86. The monoisotopic (exact) mass is 304 g/mol. The van der Waals surface area contributed by atoms with E-state index in [9.17, 15) is 4.79 Å². The summed E-state index contributed by atoms with van der Waals surface area (Å²) in [6, 6.07) is 17.1. The van der Waals surface area contributed by atoms with Crippen molar-refractivity contribution in [1.29, 1.82) is 0 Å². The van der Waals surface area contributed by atoms with Crippen LogP contribution in [-0.4, -0.2) is 12.4 Å². The van der Waals surface area contributed by atoms with Crippen LogP contribution in [0, 0.1) is 0 Å². The summed E-state index contributed by atoms with van der Waals surface area (Å²) in [5, 5.41) is 0. The highest BCUT2D eigenvalue weighted by molar-refractivity contribution is 9.10. The summed E-state index contributed by atoms with van der Waals surface area (Å²) in [6.45, 7) is 0.108. The molecule has 0 amide bonds. The Kier molecular flexibility index (Phi) is 4.53. The van der Waals surface area contributed by atoms with Gasteiger partial charge in [0.2, 0.25) is 0 Å². The van der Waals surface area contributed by atoms with E-state index in [2.05, 4.69) is 15.9 Å². The highest BCUT2D eigenvalue weighted by Crippen LogP contribution is 2.16. The van der Waals surface area contributed by atoms with Gasteiger partial charge in [-0.1, -0.05) is 46.3 Å². The third-order valence-corrected chi connectivity index (χ3v) is 2.99. The van der Waals surface area contributed by atoms with Crippen LogP contribution in [0.4, 0.5) is 0 Å². The van der Waals surface area contributed by atoms with Crippen molar-refractivity contribution in [2.24, 2.45) is 0 Å². The molecule has 0 spiro atoms. The minimum absolute atomic E-state index is 0.0733. The lowest BCUT2D eigenvalue weighted by Gasteiger charge is -2.05. The van der Waals surface area contributed by atoms with Gasteiger partial charge in [-0.15, -0.1) is 0 Å². The maximum atomic E-state index is 11.7. The van der Waals surface area contributed by atoms with E-state index in [0.717, 1.165) is 10.0 Å². The fourth-order valence-corrected chi connectivity index (χ4v) is 1.83. The molecule has 18 heavy (non-hydrogen) atoms. The number of rotatable bonds is 5. The molecule has 0 unspecified atom stereocenters. The average molecular weight is 305 g/mol. The molecule has 0 N–H and O–H groups in total. The predicted octanol–water partition coefficient (Wildman–Crippen LogP) is 3.64. The summed E-state index contributed by atoms with van der Waals surface area (Å²) in [5.74, 6) is 0.781. The molecule has 0 aliphatic rings. The van der Waals surface area contributed by atoms with Crippen molar-refractivity contribution in [1.82, 2.24) is 0 Å². The molecule has 0 atom stereocenters. The summed E-state index contributed by atoms with van der Waals surface area (Å²) < 4.78 is 6.42. The Hall–Kier alpha value is -1.61. The molecule has 2 aromatic carbocycles. The molecule has 2 rings (SSSR count). The number of ether oxygens (including phenoxy) is 1. The van der Waals surface area contributed by atoms with E-state index in [-0.39, 0.29) is 12.4 Å². The zero-order valence-electron chi connectivity index (χ0n) is 9.80. The molecular weight excluding hydrogens is 292 g/mol. The molecule has 0 bridgehead atoms. The van der Waals surface area contributed by atoms with E-state index in [1.807, 2.05) is 54.6 Å². The van der Waals surface area contributed by atoms with Gasteiger partial charge in [0, 0.05) is 10.9 Å². The van der Waals surface area contributed by atoms with Gasteiger partial charge in [-0.3, -0.25) is 4.79 Å². The summed E-state index contributed by atoms with van der Waals surface area (Å²) in [5.41, 5.74) is 1.02. The number of Topliss-reactive ketones (excluding diaryl/α,β-unsaturated/α-hetero) is 1. The molecule has 2 aromatic rings. The van der Waals surface area contributed by atoms with Gasteiger partial charge in [0.15, 0.2) is 5.78 Å². The summed E-state index contributed by atoms with van der Waals surface area (Å²) >= 11 is 3.35. The van der Waals surface area contributed by atoms with Gasteiger partial charge in [-0.05, 0) is 29.8 Å². The van der Waals surface area contributed by atoms with Crippen molar-refractivity contribution < 1.29 is 9.53 Å². The summed E-state index contributed by atoms with van der Waals surface area (Å²) in [6.07, 6.45) is 0.414. The highest BCUT2D eigenvalue weighted by atomic mass is 79.9. The maximum Gasteiger partial charge on any atom is 0.174 e. The Labute approximate surface area is 115 Å². The van der Waals surface area contributed by atoms with Crippen LogP contribution in [0.1, 0.15) is 5.56 Å². The van der Waals surface area contributed by atoms with Crippen molar-refractivity contribution in [3.05, 3.63) is 64.6 Å². The van der Waals surface area contributed by atoms with Crippen molar-refractivity contribution in [2.45, 2.75) is 6.42 Å². The van der Waals surface area contributed by atoms with Crippen LogP contribution in [0.15, 0.2) is 59.1 Å². The number of carbonyl (C=O) groups is 1. The van der Waals surface area contributed by atoms with E-state index in [4.69, 9.17) is 4.74 Å². The molecule has 2 nitrogen and oxygen atoms in total. The number of benzene rings is 2. The summed E-state index contributed by atoms with van der Waals surface area (Å²) in [4.78, 5) is 11.7. The number of carbonyl (C=O) groups excluding carboxylic acids is 1. The Morgan fingerprint density at radius 3 is 2.33 bits per heavy atom. The molecule has 0 heterocycles. The van der Waals surface area contributed by atoms with Crippen LogP contribution in [0.3, 0.4) is 0 Å². The Bertz CT molecular complexity index is 506. The lowest BCUT2D eigenvalue weighted by atomic mass is 10.1. The molecule has 0 aliphatic carbocycles. The topological polar surface area (TPSA) is 26.3 Å². The van der Waals surface area contributed by atoms with E-state index >= 15 is 0 Å². The zero-order chi connectivity index (χ0) is 12.8. The first kappa shape index (κ1) is 12.8. The first-order valence-electron chi connectivity index (χ1n) is 5.68. The number of halogens is 1. The molecule has 0 aliphatic heterocycles. The minimum Gasteiger partial charge on any atom is -0.486 e. The molecule has 0 radical (unpaired) electrons. The van der Waals surface area contributed by atoms with Gasteiger partial charge >= 0.3 is 0 Å². The first-order chi connectivity index (χ1) is 8.74. The molecular formula is C15H13BrO2. The highest BCUT2D eigenvalue weighted by Gasteiger charge is 2.04. The fourth-order valence-electron chi connectivity index (χ4n) is 1.57. The molecule has 0 aromatic heterocycles. The van der Waals surface area contributed by atoms with Crippen LogP contribution in [-0.2, 0) is 11.2 Å². The van der Waals surface area contributed by atoms with Crippen molar-refractivity contribution in [2.75, 3.05) is 6.61 Å². The predicted molar refractivity (Wildman–Crippen MR) is 74.8 cm³/mol. The van der Waals surface area contributed by atoms with Gasteiger partial charge in [0.25, 0.3) is 0 Å². The smallest absolute Gasteiger partial charge is 0.174 e. The van der Waals surface area contributed by atoms with Crippen molar-refractivity contribution in [3.8, 4) is 5.75 Å². The van der Waals surface area contributed by atoms with Gasteiger partial charge in [-0.25, -0.2) is 0 Å². The molecule has 92 valence electrons. The molecule has 0 fully saturated rings. The Morgan fingerprint density at radius 1 is 1.00 bits per heavy atom.